The number of aromatic nitrogens is 2. The summed E-state index contributed by atoms with van der Waals surface area (Å²) in [6.45, 7) is 1.96. The van der Waals surface area contributed by atoms with Crippen molar-refractivity contribution in [1.29, 1.82) is 0 Å². The normalized spacial score (nSPS) is 10.7. The molecule has 0 aliphatic carbocycles. The molecule has 0 atom stereocenters. The molecule has 0 saturated heterocycles. The van der Waals surface area contributed by atoms with Gasteiger partial charge in [-0.05, 0) is 31.2 Å². The molecule has 3 nitrogen and oxygen atoms in total. The van der Waals surface area contributed by atoms with Crippen LogP contribution in [-0.4, -0.2) is 16.2 Å². The minimum absolute atomic E-state index is 0.695. The van der Waals surface area contributed by atoms with E-state index >= 15 is 0 Å². The first-order valence-electron chi connectivity index (χ1n) is 4.73. The Morgan fingerprint density at radius 3 is 2.80 bits per heavy atom. The molecule has 0 spiro atoms. The smallest absolute Gasteiger partial charge is 0.151 e. The third kappa shape index (κ3) is 2.71. The Kier molecular flexibility index (Phi) is 2.83. The molecule has 0 amide bonds. The molecule has 2 aromatic rings. The van der Waals surface area contributed by atoms with Crippen LogP contribution in [0.5, 0.6) is 0 Å². The monoisotopic (exact) mass is 197 g/mol. The summed E-state index contributed by atoms with van der Waals surface area (Å²) in [4.78, 5) is 12.6. The van der Waals surface area contributed by atoms with E-state index in [1.165, 1.54) is 0 Å². The third-order valence-corrected chi connectivity index (χ3v) is 1.89. The van der Waals surface area contributed by atoms with Crippen LogP contribution >= 0.6 is 0 Å². The minimum Gasteiger partial charge on any atom is -0.252 e. The van der Waals surface area contributed by atoms with Gasteiger partial charge in [0.15, 0.2) is 5.82 Å². The van der Waals surface area contributed by atoms with Crippen LogP contribution in [-0.2, 0) is 0 Å². The second-order valence-corrected chi connectivity index (χ2v) is 3.15. The zero-order valence-electron chi connectivity index (χ0n) is 8.46. The SMILES string of the molecule is Cc1cccc(/C=N/c2ccccn2)n1. The zero-order valence-corrected chi connectivity index (χ0v) is 8.46. The topological polar surface area (TPSA) is 38.1 Å². The van der Waals surface area contributed by atoms with E-state index < -0.39 is 0 Å². The lowest BCUT2D eigenvalue weighted by atomic mass is 10.3. The molecule has 0 unspecified atom stereocenters. The van der Waals surface area contributed by atoms with Crippen molar-refractivity contribution < 1.29 is 0 Å². The first-order valence-corrected chi connectivity index (χ1v) is 4.73. The molecule has 74 valence electrons. The van der Waals surface area contributed by atoms with E-state index in [1.54, 1.807) is 12.4 Å². The lowest BCUT2D eigenvalue weighted by Gasteiger charge is -1.94. The van der Waals surface area contributed by atoms with E-state index in [1.807, 2.05) is 43.3 Å². The molecule has 0 bridgehead atoms. The predicted octanol–water partition coefficient (Wildman–Crippen LogP) is 2.54. The highest BCUT2D eigenvalue weighted by Gasteiger charge is 1.90. The molecule has 15 heavy (non-hydrogen) atoms. The van der Waals surface area contributed by atoms with Gasteiger partial charge in [-0.2, -0.15) is 0 Å². The molecular formula is C12H11N3. The minimum atomic E-state index is 0.695. The summed E-state index contributed by atoms with van der Waals surface area (Å²) in [7, 11) is 0. The van der Waals surface area contributed by atoms with Crippen molar-refractivity contribution in [3.63, 3.8) is 0 Å². The molecule has 0 fully saturated rings. The summed E-state index contributed by atoms with van der Waals surface area (Å²) in [6, 6.07) is 11.5. The zero-order chi connectivity index (χ0) is 10.5. The van der Waals surface area contributed by atoms with E-state index in [2.05, 4.69) is 15.0 Å². The summed E-state index contributed by atoms with van der Waals surface area (Å²) in [5.74, 6) is 0.695. The second-order valence-electron chi connectivity index (χ2n) is 3.15. The van der Waals surface area contributed by atoms with Crippen molar-refractivity contribution in [3.8, 4) is 0 Å². The lowest BCUT2D eigenvalue weighted by molar-refractivity contribution is 1.18. The Balaban J connectivity index is 2.19. The Morgan fingerprint density at radius 2 is 2.07 bits per heavy atom. The molecule has 2 aromatic heterocycles. The van der Waals surface area contributed by atoms with Crippen molar-refractivity contribution >= 4 is 12.0 Å². The number of nitrogens with zero attached hydrogens (tertiary/aromatic N) is 3. The highest BCUT2D eigenvalue weighted by molar-refractivity contribution is 5.78. The summed E-state index contributed by atoms with van der Waals surface area (Å²) in [5.41, 5.74) is 1.83. The van der Waals surface area contributed by atoms with Gasteiger partial charge in [-0.15, -0.1) is 0 Å². The fourth-order valence-electron chi connectivity index (χ4n) is 1.20. The van der Waals surface area contributed by atoms with Gasteiger partial charge in [0.05, 0.1) is 11.9 Å². The van der Waals surface area contributed by atoms with Crippen molar-refractivity contribution in [2.75, 3.05) is 0 Å². The summed E-state index contributed by atoms with van der Waals surface area (Å²) < 4.78 is 0. The first kappa shape index (κ1) is 9.52. The standard InChI is InChI=1S/C12H11N3/c1-10-5-4-6-11(15-10)9-14-12-7-2-3-8-13-12/h2-9H,1H3/b14-9+. The van der Waals surface area contributed by atoms with E-state index in [0.29, 0.717) is 5.82 Å². The molecule has 0 saturated carbocycles. The largest absolute Gasteiger partial charge is 0.252 e. The van der Waals surface area contributed by atoms with Crippen LogP contribution < -0.4 is 0 Å². The highest BCUT2D eigenvalue weighted by Crippen LogP contribution is 2.04. The van der Waals surface area contributed by atoms with E-state index in [9.17, 15) is 0 Å². The van der Waals surface area contributed by atoms with E-state index in [-0.39, 0.29) is 0 Å². The third-order valence-electron chi connectivity index (χ3n) is 1.89. The van der Waals surface area contributed by atoms with Gasteiger partial charge in [-0.1, -0.05) is 12.1 Å². The maximum Gasteiger partial charge on any atom is 0.151 e. The second kappa shape index (κ2) is 4.46. The van der Waals surface area contributed by atoms with Crippen LogP contribution in [0.2, 0.25) is 0 Å². The quantitative estimate of drug-likeness (QED) is 0.694. The van der Waals surface area contributed by atoms with Crippen molar-refractivity contribution in [3.05, 3.63) is 54.0 Å². The van der Waals surface area contributed by atoms with Gasteiger partial charge in [0.1, 0.15) is 0 Å². The van der Waals surface area contributed by atoms with E-state index in [4.69, 9.17) is 0 Å². The van der Waals surface area contributed by atoms with Gasteiger partial charge in [0.2, 0.25) is 0 Å². The average molecular weight is 197 g/mol. The predicted molar refractivity (Wildman–Crippen MR) is 60.5 cm³/mol. The van der Waals surface area contributed by atoms with Crippen molar-refractivity contribution in [1.82, 2.24) is 9.97 Å². The number of hydrogen-bond donors (Lipinski definition) is 0. The van der Waals surface area contributed by atoms with Gasteiger partial charge >= 0.3 is 0 Å². The highest BCUT2D eigenvalue weighted by atomic mass is 14.9. The van der Waals surface area contributed by atoms with Crippen LogP contribution in [0, 0.1) is 6.92 Å². The fourth-order valence-corrected chi connectivity index (χ4v) is 1.20. The molecule has 0 aliphatic rings. The number of aliphatic imine (C=N–C) groups is 1. The Morgan fingerprint density at radius 1 is 1.13 bits per heavy atom. The summed E-state index contributed by atoms with van der Waals surface area (Å²) >= 11 is 0. The van der Waals surface area contributed by atoms with Gasteiger partial charge in [-0.3, -0.25) is 4.98 Å². The summed E-state index contributed by atoms with van der Waals surface area (Å²) in [6.07, 6.45) is 3.44. The van der Waals surface area contributed by atoms with Crippen LogP contribution in [0.15, 0.2) is 47.6 Å². The number of hydrogen-bond acceptors (Lipinski definition) is 3. The number of aryl methyl sites for hydroxylation is 1. The Hall–Kier alpha value is -2.03. The molecule has 0 aromatic carbocycles. The molecule has 2 rings (SSSR count). The summed E-state index contributed by atoms with van der Waals surface area (Å²) in [5, 5.41) is 0. The fraction of sp³-hybridized carbons (Fsp3) is 0.0833. The number of pyridine rings is 2. The van der Waals surface area contributed by atoms with Crippen LogP contribution in [0.4, 0.5) is 5.82 Å². The molecular weight excluding hydrogens is 186 g/mol. The maximum atomic E-state index is 4.31. The van der Waals surface area contributed by atoms with Gasteiger partial charge < -0.3 is 0 Å². The maximum absolute atomic E-state index is 4.31. The van der Waals surface area contributed by atoms with Crippen molar-refractivity contribution in [2.45, 2.75) is 6.92 Å². The van der Waals surface area contributed by atoms with Gasteiger partial charge in [-0.25, -0.2) is 9.98 Å². The molecule has 0 radical (unpaired) electrons. The van der Waals surface area contributed by atoms with Crippen LogP contribution in [0.25, 0.3) is 0 Å². The molecule has 0 aliphatic heterocycles. The van der Waals surface area contributed by atoms with Crippen LogP contribution in [0.1, 0.15) is 11.4 Å². The Bertz CT molecular complexity index is 463. The van der Waals surface area contributed by atoms with E-state index in [0.717, 1.165) is 11.4 Å². The van der Waals surface area contributed by atoms with Crippen molar-refractivity contribution in [2.24, 2.45) is 4.99 Å². The molecule has 3 heteroatoms. The van der Waals surface area contributed by atoms with Gasteiger partial charge in [0.25, 0.3) is 0 Å². The Labute approximate surface area is 88.6 Å². The molecule has 2 heterocycles. The first-order chi connectivity index (χ1) is 7.34. The van der Waals surface area contributed by atoms with Crippen LogP contribution in [0.3, 0.4) is 0 Å². The average Bonchev–Trinajstić information content (AvgIpc) is 2.28. The van der Waals surface area contributed by atoms with Gasteiger partial charge in [0, 0.05) is 11.9 Å². The molecule has 0 N–H and O–H groups in total. The number of rotatable bonds is 2. The lowest BCUT2D eigenvalue weighted by Crippen LogP contribution is -1.88.